The van der Waals surface area contributed by atoms with E-state index in [0.29, 0.717) is 5.92 Å². The number of nitrogens with zero attached hydrogens (tertiary/aromatic N) is 1. The van der Waals surface area contributed by atoms with Crippen LogP contribution in [0.2, 0.25) is 0 Å². The molecule has 2 N–H and O–H groups in total. The molecule has 1 heterocycles. The molecule has 3 heteroatoms. The highest BCUT2D eigenvalue weighted by molar-refractivity contribution is 5.85. The molecule has 2 aromatic rings. The smallest absolute Gasteiger partial charge is 0.0483 e. The summed E-state index contributed by atoms with van der Waals surface area (Å²) in [5.74, 6) is 0.519. The molecular weight excluding hydrogens is 250 g/mol. The molecule has 0 unspecified atom stereocenters. The van der Waals surface area contributed by atoms with E-state index in [1.807, 2.05) is 0 Å². The normalized spacial score (nSPS) is 11.7. The van der Waals surface area contributed by atoms with Gasteiger partial charge in [0.05, 0.1) is 0 Å². The van der Waals surface area contributed by atoms with E-state index in [0.717, 1.165) is 25.8 Å². The largest absolute Gasteiger partial charge is 0.396 e. The molecule has 0 spiro atoms. The zero-order valence-electron chi connectivity index (χ0n) is 12.5. The van der Waals surface area contributed by atoms with Crippen LogP contribution in [0.15, 0.2) is 24.4 Å². The molecule has 2 rings (SSSR count). The number of fused-ring (bicyclic) bond motifs is 1. The lowest BCUT2D eigenvalue weighted by molar-refractivity contribution is 0.280. The Bertz CT molecular complexity index is 557. The van der Waals surface area contributed by atoms with E-state index in [2.05, 4.69) is 42.8 Å². The minimum absolute atomic E-state index is 0.218. The highest BCUT2D eigenvalue weighted by Crippen LogP contribution is 2.27. The van der Waals surface area contributed by atoms with Crippen LogP contribution in [0.1, 0.15) is 43.7 Å². The van der Waals surface area contributed by atoms with Crippen LogP contribution in [0.25, 0.3) is 10.9 Å². The number of aliphatic hydroxyl groups excluding tert-OH is 2. The number of aromatic nitrogens is 1. The fraction of sp³-hybridized carbons (Fsp3) is 0.529. The minimum atomic E-state index is 0.218. The van der Waals surface area contributed by atoms with E-state index in [1.54, 1.807) is 0 Å². The number of hydrogen-bond donors (Lipinski definition) is 2. The Hall–Kier alpha value is -1.32. The summed E-state index contributed by atoms with van der Waals surface area (Å²) in [5.41, 5.74) is 3.88. The number of benzene rings is 1. The fourth-order valence-electron chi connectivity index (χ4n) is 2.64. The van der Waals surface area contributed by atoms with E-state index < -0.39 is 0 Å². The second-order valence-corrected chi connectivity index (χ2v) is 5.68. The molecule has 0 aliphatic carbocycles. The van der Waals surface area contributed by atoms with Crippen LogP contribution in [-0.2, 0) is 13.0 Å². The maximum atomic E-state index is 9.05. The first-order chi connectivity index (χ1) is 9.67. The zero-order chi connectivity index (χ0) is 14.5. The summed E-state index contributed by atoms with van der Waals surface area (Å²) in [6.07, 6.45) is 4.65. The molecule has 0 atom stereocenters. The van der Waals surface area contributed by atoms with Gasteiger partial charge in [-0.05, 0) is 48.4 Å². The van der Waals surface area contributed by atoms with Crippen molar-refractivity contribution in [3.63, 3.8) is 0 Å². The molecule has 3 nitrogen and oxygen atoms in total. The molecule has 0 bridgehead atoms. The predicted molar refractivity (Wildman–Crippen MR) is 83.1 cm³/mol. The molecule has 0 aliphatic rings. The molecule has 1 aromatic carbocycles. The van der Waals surface area contributed by atoms with Crippen molar-refractivity contribution in [3.8, 4) is 0 Å². The lowest BCUT2D eigenvalue weighted by Crippen LogP contribution is -1.98. The summed E-state index contributed by atoms with van der Waals surface area (Å²) < 4.78 is 2.22. The van der Waals surface area contributed by atoms with Gasteiger partial charge < -0.3 is 14.8 Å². The van der Waals surface area contributed by atoms with Crippen molar-refractivity contribution in [2.24, 2.45) is 0 Å². The first kappa shape index (κ1) is 15.1. The first-order valence-electron chi connectivity index (χ1n) is 7.50. The van der Waals surface area contributed by atoms with E-state index in [-0.39, 0.29) is 13.2 Å². The van der Waals surface area contributed by atoms with Gasteiger partial charge in [-0.1, -0.05) is 19.9 Å². The zero-order valence-corrected chi connectivity index (χ0v) is 12.5. The number of rotatable bonds is 7. The van der Waals surface area contributed by atoms with Crippen LogP contribution >= 0.6 is 0 Å². The molecule has 1 aromatic heterocycles. The van der Waals surface area contributed by atoms with Gasteiger partial charge in [-0.25, -0.2) is 0 Å². The topological polar surface area (TPSA) is 45.4 Å². The van der Waals surface area contributed by atoms with Crippen LogP contribution < -0.4 is 0 Å². The highest BCUT2D eigenvalue weighted by Gasteiger charge is 2.10. The molecule has 0 aliphatic heterocycles. The Kier molecular flexibility index (Phi) is 5.21. The monoisotopic (exact) mass is 275 g/mol. The Labute approximate surface area is 120 Å². The number of aryl methyl sites for hydroxylation is 2. The van der Waals surface area contributed by atoms with Crippen LogP contribution in [0.5, 0.6) is 0 Å². The van der Waals surface area contributed by atoms with E-state index >= 15 is 0 Å². The van der Waals surface area contributed by atoms with E-state index in [1.165, 1.54) is 22.0 Å². The SMILES string of the molecule is CC(C)c1ccc2c(c1)c(CCCO)cn2CCCO. The van der Waals surface area contributed by atoms with Crippen molar-refractivity contribution in [1.29, 1.82) is 0 Å². The fourth-order valence-corrected chi connectivity index (χ4v) is 2.64. The number of hydrogen-bond acceptors (Lipinski definition) is 2. The van der Waals surface area contributed by atoms with Gasteiger partial charge in [-0.3, -0.25) is 0 Å². The predicted octanol–water partition coefficient (Wildman–Crippen LogP) is 3.07. The molecule has 0 fully saturated rings. The molecule has 0 saturated heterocycles. The third-order valence-electron chi connectivity index (χ3n) is 3.82. The van der Waals surface area contributed by atoms with Crippen molar-refractivity contribution in [1.82, 2.24) is 4.57 Å². The summed E-state index contributed by atoms with van der Waals surface area (Å²) in [6, 6.07) is 6.66. The van der Waals surface area contributed by atoms with Gasteiger partial charge in [0.25, 0.3) is 0 Å². The van der Waals surface area contributed by atoms with Crippen molar-refractivity contribution in [2.75, 3.05) is 13.2 Å². The molecule has 20 heavy (non-hydrogen) atoms. The Morgan fingerprint density at radius 2 is 1.85 bits per heavy atom. The molecule has 110 valence electrons. The minimum Gasteiger partial charge on any atom is -0.396 e. The second kappa shape index (κ2) is 6.91. The van der Waals surface area contributed by atoms with Crippen molar-refractivity contribution in [3.05, 3.63) is 35.5 Å². The van der Waals surface area contributed by atoms with Crippen molar-refractivity contribution in [2.45, 2.75) is 45.6 Å². The van der Waals surface area contributed by atoms with E-state index in [4.69, 9.17) is 10.2 Å². The summed E-state index contributed by atoms with van der Waals surface area (Å²) in [6.45, 7) is 5.70. The van der Waals surface area contributed by atoms with Gasteiger partial charge in [-0.15, -0.1) is 0 Å². The lowest BCUT2D eigenvalue weighted by atomic mass is 9.99. The maximum Gasteiger partial charge on any atom is 0.0483 e. The van der Waals surface area contributed by atoms with E-state index in [9.17, 15) is 0 Å². The second-order valence-electron chi connectivity index (χ2n) is 5.68. The van der Waals surface area contributed by atoms with Gasteiger partial charge in [0.15, 0.2) is 0 Å². The Balaban J connectivity index is 2.43. The highest BCUT2D eigenvalue weighted by atomic mass is 16.3. The number of aliphatic hydroxyl groups is 2. The van der Waals surface area contributed by atoms with Gasteiger partial charge in [0.2, 0.25) is 0 Å². The standard InChI is InChI=1S/C17H25NO2/c1-13(2)14-6-7-17-16(11-14)15(5-3-9-19)12-18(17)8-4-10-20/h6-7,11-13,19-20H,3-5,8-10H2,1-2H3. The van der Waals surface area contributed by atoms with Crippen LogP contribution in [0, 0.1) is 0 Å². The van der Waals surface area contributed by atoms with Gasteiger partial charge in [0.1, 0.15) is 0 Å². The average Bonchev–Trinajstić information content (AvgIpc) is 2.80. The van der Waals surface area contributed by atoms with Gasteiger partial charge >= 0.3 is 0 Å². The molecule has 0 saturated carbocycles. The Morgan fingerprint density at radius 3 is 2.50 bits per heavy atom. The Morgan fingerprint density at radius 1 is 1.10 bits per heavy atom. The van der Waals surface area contributed by atoms with Gasteiger partial charge in [0, 0.05) is 36.9 Å². The first-order valence-corrected chi connectivity index (χ1v) is 7.50. The van der Waals surface area contributed by atoms with Crippen molar-refractivity contribution < 1.29 is 10.2 Å². The summed E-state index contributed by atoms with van der Waals surface area (Å²) >= 11 is 0. The summed E-state index contributed by atoms with van der Waals surface area (Å²) in [5, 5.41) is 19.4. The van der Waals surface area contributed by atoms with Crippen LogP contribution in [0.3, 0.4) is 0 Å². The molecular formula is C17H25NO2. The van der Waals surface area contributed by atoms with Crippen molar-refractivity contribution >= 4 is 10.9 Å². The third-order valence-corrected chi connectivity index (χ3v) is 3.82. The quantitative estimate of drug-likeness (QED) is 0.815. The molecule has 0 radical (unpaired) electrons. The molecule has 0 amide bonds. The maximum absolute atomic E-state index is 9.05. The third kappa shape index (κ3) is 3.22. The van der Waals surface area contributed by atoms with Crippen LogP contribution in [0.4, 0.5) is 0 Å². The summed E-state index contributed by atoms with van der Waals surface area (Å²) in [7, 11) is 0. The average molecular weight is 275 g/mol. The van der Waals surface area contributed by atoms with Crippen LogP contribution in [-0.4, -0.2) is 28.0 Å². The lowest BCUT2D eigenvalue weighted by Gasteiger charge is -2.07. The van der Waals surface area contributed by atoms with Gasteiger partial charge in [-0.2, -0.15) is 0 Å². The summed E-state index contributed by atoms with van der Waals surface area (Å²) in [4.78, 5) is 0.